The highest BCUT2D eigenvalue weighted by Gasteiger charge is 2.17. The molecule has 0 aliphatic heterocycles. The molecule has 0 saturated carbocycles. The normalized spacial score (nSPS) is 10.6. The van der Waals surface area contributed by atoms with E-state index in [2.05, 4.69) is 31.9 Å². The van der Waals surface area contributed by atoms with E-state index in [0.717, 1.165) is 43.2 Å². The fraction of sp³-hybridized carbons (Fsp3) is 0.592. The molecule has 2 aromatic rings. The summed E-state index contributed by atoms with van der Waals surface area (Å²) in [6.07, 6.45) is 7.95. The van der Waals surface area contributed by atoms with E-state index in [4.69, 9.17) is 9.57 Å². The van der Waals surface area contributed by atoms with Crippen molar-refractivity contribution in [1.82, 2.24) is 42.0 Å². The van der Waals surface area contributed by atoms with Gasteiger partial charge in [-0.2, -0.15) is 0 Å². The van der Waals surface area contributed by atoms with Crippen LogP contribution in [0.15, 0.2) is 60.7 Å². The fourth-order valence-corrected chi connectivity index (χ4v) is 6.50. The molecule has 0 aliphatic carbocycles. The predicted octanol–water partition coefficient (Wildman–Crippen LogP) is 4.71. The first kappa shape index (κ1) is 58.0. The summed E-state index contributed by atoms with van der Waals surface area (Å²) in [6, 6.07) is 18.9. The van der Waals surface area contributed by atoms with Crippen molar-refractivity contribution in [2.24, 2.45) is 0 Å². The maximum atomic E-state index is 13.1. The lowest BCUT2D eigenvalue weighted by Crippen LogP contribution is -2.34. The molecular formula is C49H76N8O11. The summed E-state index contributed by atoms with van der Waals surface area (Å²) < 4.78 is 5.23. The van der Waals surface area contributed by atoms with Crippen LogP contribution in [-0.2, 0) is 56.3 Å². The van der Waals surface area contributed by atoms with Crippen LogP contribution in [-0.4, -0.2) is 115 Å². The van der Waals surface area contributed by atoms with Crippen LogP contribution >= 0.6 is 0 Å². The molecule has 0 bridgehead atoms. The average molecular weight is 953 g/mol. The molecule has 8 amide bonds. The molecule has 2 aromatic carbocycles. The van der Waals surface area contributed by atoms with Crippen LogP contribution in [0, 0.1) is 0 Å². The number of rotatable bonds is 38. The summed E-state index contributed by atoms with van der Waals surface area (Å²) in [5, 5.41) is 28.7. The molecule has 378 valence electrons. The zero-order valence-electron chi connectivity index (χ0n) is 40.0. The van der Waals surface area contributed by atoms with Crippen molar-refractivity contribution in [2.45, 2.75) is 136 Å². The molecule has 0 atom stereocenters. The third-order valence-corrected chi connectivity index (χ3v) is 10.4. The van der Waals surface area contributed by atoms with Crippen LogP contribution < -0.4 is 31.9 Å². The lowest BCUT2D eigenvalue weighted by Gasteiger charge is -2.22. The Labute approximate surface area is 401 Å². The monoisotopic (exact) mass is 953 g/mol. The number of amides is 8. The SMILES string of the molecule is CC(=O)NCCCCCNC(=O)CCC(=O)NCCCCCNC(=O)CCC(=O)N(O)CCCCCNC(=O)CCC(=O)N(CCCCCNC(=O)OCc1ccccc1)OCc1ccccc1. The Hall–Kier alpha value is -6.08. The van der Waals surface area contributed by atoms with E-state index < -0.39 is 12.0 Å². The number of alkyl carbamates (subject to hydrolysis) is 1. The average Bonchev–Trinajstić information content (AvgIpc) is 3.33. The van der Waals surface area contributed by atoms with Crippen LogP contribution in [0.2, 0.25) is 0 Å². The van der Waals surface area contributed by atoms with Gasteiger partial charge in [-0.1, -0.05) is 60.7 Å². The fourth-order valence-electron chi connectivity index (χ4n) is 6.50. The Balaban J connectivity index is 1.48. The molecule has 0 aliphatic rings. The molecule has 19 heteroatoms. The molecule has 7 N–H and O–H groups in total. The number of hydrogen-bond donors (Lipinski definition) is 7. The third kappa shape index (κ3) is 31.8. The van der Waals surface area contributed by atoms with Gasteiger partial charge in [-0.3, -0.25) is 43.6 Å². The molecule has 2 rings (SSSR count). The van der Waals surface area contributed by atoms with Gasteiger partial charge in [0.15, 0.2) is 0 Å². The van der Waals surface area contributed by atoms with E-state index in [0.29, 0.717) is 95.8 Å². The second-order valence-corrected chi connectivity index (χ2v) is 16.4. The molecule has 0 heterocycles. The molecule has 0 radical (unpaired) electrons. The zero-order valence-corrected chi connectivity index (χ0v) is 40.0. The van der Waals surface area contributed by atoms with E-state index in [1.807, 2.05) is 60.7 Å². The summed E-state index contributed by atoms with van der Waals surface area (Å²) in [7, 11) is 0. The standard InChI is InChI=1S/C49H76N8O11/c1-40(58)50-30-12-4-13-31-51-43(59)24-25-44(60)52-32-14-5-15-33-53-45(61)26-28-47(63)56(66)36-18-6-16-34-54-46(62)27-29-48(64)57(68-39-42-22-10-3-11-23-42)37-19-7-17-35-55-49(65)67-38-41-20-8-2-9-21-41/h2-3,8-11,20-23,66H,4-7,12-19,24-39H2,1H3,(H,50,58)(H,51,59)(H,52,60)(H,53,61)(H,54,62)(H,55,65). The Morgan fingerprint density at radius 2 is 0.824 bits per heavy atom. The summed E-state index contributed by atoms with van der Waals surface area (Å²) >= 11 is 0. The van der Waals surface area contributed by atoms with E-state index in [1.165, 1.54) is 12.0 Å². The largest absolute Gasteiger partial charge is 0.445 e. The van der Waals surface area contributed by atoms with Crippen molar-refractivity contribution in [3.05, 3.63) is 71.8 Å². The van der Waals surface area contributed by atoms with Gasteiger partial charge in [0.2, 0.25) is 41.4 Å². The van der Waals surface area contributed by atoms with Gasteiger partial charge >= 0.3 is 6.09 Å². The molecule has 0 aromatic heterocycles. The molecule has 68 heavy (non-hydrogen) atoms. The highest BCUT2D eigenvalue weighted by Crippen LogP contribution is 2.09. The van der Waals surface area contributed by atoms with Crippen LogP contribution in [0.3, 0.4) is 0 Å². The molecule has 0 fully saturated rings. The number of hydroxylamine groups is 4. The number of ether oxygens (including phenoxy) is 1. The summed E-state index contributed by atoms with van der Waals surface area (Å²) in [6.45, 7) is 5.12. The number of carbonyl (C=O) groups excluding carboxylic acids is 8. The number of carbonyl (C=O) groups is 8. The van der Waals surface area contributed by atoms with Crippen molar-refractivity contribution in [1.29, 1.82) is 0 Å². The van der Waals surface area contributed by atoms with Gasteiger partial charge in [0.1, 0.15) is 13.2 Å². The minimum absolute atomic E-state index is 0.0123. The number of benzene rings is 2. The minimum Gasteiger partial charge on any atom is -0.445 e. The van der Waals surface area contributed by atoms with E-state index in [9.17, 15) is 43.6 Å². The van der Waals surface area contributed by atoms with Crippen LogP contribution in [0.25, 0.3) is 0 Å². The maximum absolute atomic E-state index is 13.1. The summed E-state index contributed by atoms with van der Waals surface area (Å²) in [5.74, 6) is -1.87. The Morgan fingerprint density at radius 1 is 0.441 bits per heavy atom. The first-order valence-electron chi connectivity index (χ1n) is 24.1. The first-order valence-corrected chi connectivity index (χ1v) is 24.1. The predicted molar refractivity (Wildman–Crippen MR) is 255 cm³/mol. The van der Waals surface area contributed by atoms with Crippen molar-refractivity contribution in [3.63, 3.8) is 0 Å². The van der Waals surface area contributed by atoms with E-state index in [-0.39, 0.29) is 93.7 Å². The Bertz CT molecular complexity index is 1770. The van der Waals surface area contributed by atoms with Gasteiger partial charge in [0.25, 0.3) is 0 Å². The number of nitrogens with one attached hydrogen (secondary N) is 6. The van der Waals surface area contributed by atoms with Crippen molar-refractivity contribution in [2.75, 3.05) is 52.4 Å². The van der Waals surface area contributed by atoms with Gasteiger partial charge < -0.3 is 36.6 Å². The highest BCUT2D eigenvalue weighted by molar-refractivity contribution is 5.84. The van der Waals surface area contributed by atoms with Gasteiger partial charge in [0, 0.05) is 97.8 Å². The van der Waals surface area contributed by atoms with Crippen molar-refractivity contribution < 1.29 is 53.1 Å². The Kier molecular flexibility index (Phi) is 32.4. The third-order valence-electron chi connectivity index (χ3n) is 10.4. The van der Waals surface area contributed by atoms with Gasteiger partial charge in [-0.15, -0.1) is 0 Å². The van der Waals surface area contributed by atoms with Crippen LogP contribution in [0.1, 0.15) is 134 Å². The Morgan fingerprint density at radius 3 is 1.29 bits per heavy atom. The van der Waals surface area contributed by atoms with Gasteiger partial charge in [-0.05, 0) is 88.2 Å². The molecule has 19 nitrogen and oxygen atoms in total. The van der Waals surface area contributed by atoms with Crippen molar-refractivity contribution >= 4 is 47.4 Å². The molecule has 0 saturated heterocycles. The minimum atomic E-state index is -0.558. The molecule has 0 spiro atoms. The van der Waals surface area contributed by atoms with E-state index in [1.54, 1.807) is 0 Å². The number of nitrogens with zero attached hydrogens (tertiary/aromatic N) is 2. The number of unbranched alkanes of at least 4 members (excludes halogenated alkanes) is 8. The van der Waals surface area contributed by atoms with Crippen LogP contribution in [0.4, 0.5) is 4.79 Å². The van der Waals surface area contributed by atoms with Gasteiger partial charge in [0.05, 0.1) is 0 Å². The van der Waals surface area contributed by atoms with E-state index >= 15 is 0 Å². The van der Waals surface area contributed by atoms with Crippen LogP contribution in [0.5, 0.6) is 0 Å². The lowest BCUT2D eigenvalue weighted by molar-refractivity contribution is -0.192. The van der Waals surface area contributed by atoms with Gasteiger partial charge in [-0.25, -0.2) is 14.9 Å². The summed E-state index contributed by atoms with van der Waals surface area (Å²) in [5.41, 5.74) is 1.80. The lowest BCUT2D eigenvalue weighted by atomic mass is 10.2. The highest BCUT2D eigenvalue weighted by atomic mass is 16.7. The van der Waals surface area contributed by atoms with Crippen molar-refractivity contribution in [3.8, 4) is 0 Å². The second-order valence-electron chi connectivity index (χ2n) is 16.4. The second kappa shape index (κ2) is 37.9. The maximum Gasteiger partial charge on any atom is 0.407 e. The summed E-state index contributed by atoms with van der Waals surface area (Å²) in [4.78, 5) is 103. The smallest absolute Gasteiger partial charge is 0.407 e. The quantitative estimate of drug-likeness (QED) is 0.0276. The zero-order chi connectivity index (χ0) is 49.5. The number of hydrogen-bond acceptors (Lipinski definition) is 11. The molecule has 0 unspecified atom stereocenters. The first-order chi connectivity index (χ1) is 32.9. The molecular weight excluding hydrogens is 877 g/mol. The topological polar surface area (TPSA) is 254 Å².